The van der Waals surface area contributed by atoms with Gasteiger partial charge < -0.3 is 38.1 Å². The fraction of sp³-hybridized carbons (Fsp3) is 0.680. The quantitative estimate of drug-likeness (QED) is 0.0152. The second-order valence-corrected chi connectivity index (χ2v) is 18.2. The molecule has 62 heavy (non-hydrogen) atoms. The van der Waals surface area contributed by atoms with Crippen molar-refractivity contribution in [3.05, 3.63) is 85.1 Å². The number of rotatable bonds is 41. The number of nitrogens with zero attached hydrogens (tertiary/aromatic N) is 1. The molecule has 11 nitrogen and oxygen atoms in total. The topological polar surface area (TPSA) is 152 Å². The molecule has 0 aromatic carbocycles. The molecule has 4 atom stereocenters. The number of hydrogen-bond acceptors (Lipinski definition) is 10. The molecule has 2 N–H and O–H groups in total. The van der Waals surface area contributed by atoms with E-state index in [2.05, 4.69) is 26.0 Å². The maximum absolute atomic E-state index is 12.7. The Morgan fingerprint density at radius 3 is 1.84 bits per heavy atom. The third-order valence-corrected chi connectivity index (χ3v) is 10.5. The van der Waals surface area contributed by atoms with Crippen molar-refractivity contribution in [3.8, 4) is 0 Å². The minimum atomic E-state index is -4.68. The van der Waals surface area contributed by atoms with Crippen LogP contribution in [0.4, 0.5) is 0 Å². The first-order chi connectivity index (χ1) is 29.8. The molecule has 0 aliphatic carbocycles. The number of hydrogen-bond donors (Lipinski definition) is 2. The van der Waals surface area contributed by atoms with Crippen LogP contribution in [0.15, 0.2) is 85.1 Å². The summed E-state index contributed by atoms with van der Waals surface area (Å²) in [6.45, 7) is 3.79. The number of phosphoric acid groups is 1. The van der Waals surface area contributed by atoms with E-state index < -0.39 is 44.7 Å². The zero-order valence-electron chi connectivity index (χ0n) is 39.3. The van der Waals surface area contributed by atoms with Crippen LogP contribution in [-0.2, 0) is 32.7 Å². The van der Waals surface area contributed by atoms with Crippen molar-refractivity contribution in [1.29, 1.82) is 0 Å². The van der Waals surface area contributed by atoms with E-state index in [4.69, 9.17) is 18.5 Å². The van der Waals surface area contributed by atoms with Gasteiger partial charge in [-0.3, -0.25) is 14.2 Å². The Kier molecular flexibility index (Phi) is 39.0. The number of carbonyl (C=O) groups excluding carboxylic acids is 2. The number of quaternary nitrogens is 1. The van der Waals surface area contributed by atoms with E-state index >= 15 is 0 Å². The van der Waals surface area contributed by atoms with Crippen molar-refractivity contribution in [2.24, 2.45) is 0 Å². The largest absolute Gasteiger partial charge is 0.756 e. The van der Waals surface area contributed by atoms with E-state index in [0.29, 0.717) is 43.1 Å². The molecule has 0 radical (unpaired) electrons. The van der Waals surface area contributed by atoms with Crippen molar-refractivity contribution in [2.75, 3.05) is 47.5 Å². The molecule has 0 saturated heterocycles. The van der Waals surface area contributed by atoms with E-state index in [1.807, 2.05) is 63.7 Å². The summed E-state index contributed by atoms with van der Waals surface area (Å²) in [4.78, 5) is 37.6. The lowest BCUT2D eigenvalue weighted by atomic mass is 10.1. The van der Waals surface area contributed by atoms with Gasteiger partial charge in [0.15, 0.2) is 6.10 Å². The van der Waals surface area contributed by atoms with E-state index in [1.54, 1.807) is 30.4 Å². The van der Waals surface area contributed by atoms with Gasteiger partial charge in [-0.25, -0.2) is 0 Å². The van der Waals surface area contributed by atoms with Gasteiger partial charge in [0.05, 0.1) is 40.0 Å². The Morgan fingerprint density at radius 2 is 1.21 bits per heavy atom. The molecule has 0 heterocycles. The molecule has 0 saturated carbocycles. The molecule has 12 heteroatoms. The van der Waals surface area contributed by atoms with E-state index in [1.165, 1.54) is 64.2 Å². The smallest absolute Gasteiger partial charge is 0.306 e. The summed E-state index contributed by atoms with van der Waals surface area (Å²) in [5, 5.41) is 20.0. The molecular weight excluding hydrogens is 806 g/mol. The van der Waals surface area contributed by atoms with Crippen molar-refractivity contribution in [1.82, 2.24) is 0 Å². The predicted octanol–water partition coefficient (Wildman–Crippen LogP) is 10.9. The summed E-state index contributed by atoms with van der Waals surface area (Å²) in [6, 6.07) is 0. The first-order valence-corrected chi connectivity index (χ1v) is 25.0. The van der Waals surface area contributed by atoms with Crippen molar-refractivity contribution >= 4 is 19.8 Å². The third kappa shape index (κ3) is 43.7. The van der Waals surface area contributed by atoms with Crippen LogP contribution in [0.1, 0.15) is 155 Å². The molecule has 1 unspecified atom stereocenters. The molecule has 0 amide bonds. The number of aliphatic hydroxyl groups is 2. The zero-order valence-corrected chi connectivity index (χ0v) is 40.1. The van der Waals surface area contributed by atoms with Crippen LogP contribution in [0.5, 0.6) is 0 Å². The number of phosphoric ester groups is 1. The minimum Gasteiger partial charge on any atom is -0.756 e. The third-order valence-electron chi connectivity index (χ3n) is 9.57. The highest BCUT2D eigenvalue weighted by Crippen LogP contribution is 2.38. The SMILES string of the molecule is CC/C=C\C[C@@H](O)/C=C/C=C\C/C=C\C=C\[C@@H](O)/C=C\CCCC(=O)OC[C@H](COP(=O)([O-])OCC[N+](C)(C)C)OC(=O)CCCCCCCCC/C=C\CCCCCCCC. The summed E-state index contributed by atoms with van der Waals surface area (Å²) in [5.74, 6) is -1.03. The average molecular weight is 892 g/mol. The summed E-state index contributed by atoms with van der Waals surface area (Å²) in [6.07, 6.45) is 45.4. The van der Waals surface area contributed by atoms with Gasteiger partial charge in [-0.15, -0.1) is 0 Å². The lowest BCUT2D eigenvalue weighted by Gasteiger charge is -2.28. The van der Waals surface area contributed by atoms with Crippen LogP contribution >= 0.6 is 7.82 Å². The Labute approximate surface area is 376 Å². The Balaban J connectivity index is 4.58. The maximum Gasteiger partial charge on any atom is 0.306 e. The summed E-state index contributed by atoms with van der Waals surface area (Å²) >= 11 is 0. The second-order valence-electron chi connectivity index (χ2n) is 16.8. The monoisotopic (exact) mass is 892 g/mol. The van der Waals surface area contributed by atoms with Crippen molar-refractivity contribution in [2.45, 2.75) is 173 Å². The number of esters is 2. The molecular formula is C50H86NO10P. The number of likely N-dealkylation sites (N-methyl/N-ethyl adjacent to an activating group) is 1. The fourth-order valence-corrected chi connectivity index (χ4v) is 6.59. The highest BCUT2D eigenvalue weighted by Gasteiger charge is 2.21. The molecule has 0 fully saturated rings. The van der Waals surface area contributed by atoms with E-state index in [9.17, 15) is 29.3 Å². The van der Waals surface area contributed by atoms with Crippen LogP contribution < -0.4 is 4.89 Å². The first-order valence-electron chi connectivity index (χ1n) is 23.5. The summed E-state index contributed by atoms with van der Waals surface area (Å²) in [7, 11) is 1.04. The number of aliphatic hydroxyl groups excluding tert-OH is 2. The Bertz CT molecular complexity index is 1360. The first kappa shape index (κ1) is 59.1. The van der Waals surface area contributed by atoms with E-state index in [-0.39, 0.29) is 26.1 Å². The summed E-state index contributed by atoms with van der Waals surface area (Å²) in [5.41, 5.74) is 0. The maximum atomic E-state index is 12.7. The Hall–Kier alpha value is -2.89. The highest BCUT2D eigenvalue weighted by atomic mass is 31.2. The number of unbranched alkanes of at least 4 members (excludes halogenated alkanes) is 14. The van der Waals surface area contributed by atoms with Crippen molar-refractivity contribution < 1.29 is 52.3 Å². The average Bonchev–Trinajstić information content (AvgIpc) is 3.21. The van der Waals surface area contributed by atoms with Gasteiger partial charge >= 0.3 is 11.9 Å². The van der Waals surface area contributed by atoms with Gasteiger partial charge in [-0.1, -0.05) is 163 Å². The van der Waals surface area contributed by atoms with Gasteiger partial charge in [-0.2, -0.15) is 0 Å². The molecule has 356 valence electrons. The Morgan fingerprint density at radius 1 is 0.629 bits per heavy atom. The molecule has 0 bridgehead atoms. The molecule has 0 rings (SSSR count). The van der Waals surface area contributed by atoms with Crippen LogP contribution in [0.2, 0.25) is 0 Å². The van der Waals surface area contributed by atoms with Gasteiger partial charge in [0, 0.05) is 12.8 Å². The van der Waals surface area contributed by atoms with Gasteiger partial charge in [0.1, 0.15) is 19.8 Å². The molecule has 0 spiro atoms. The van der Waals surface area contributed by atoms with Gasteiger partial charge in [0.25, 0.3) is 7.82 Å². The molecule has 0 aromatic rings. The lowest BCUT2D eigenvalue weighted by molar-refractivity contribution is -0.870. The van der Waals surface area contributed by atoms with Gasteiger partial charge in [-0.05, 0) is 64.2 Å². The van der Waals surface area contributed by atoms with E-state index in [0.717, 1.165) is 32.1 Å². The zero-order chi connectivity index (χ0) is 46.0. The number of carbonyl (C=O) groups is 2. The molecule has 0 aliphatic rings. The number of ether oxygens (including phenoxy) is 2. The normalized spacial score (nSPS) is 15.3. The van der Waals surface area contributed by atoms with Gasteiger partial charge in [0.2, 0.25) is 0 Å². The second kappa shape index (κ2) is 40.9. The molecule has 0 aliphatic heterocycles. The standard InChI is InChI=1S/C50H86NO10P/c1-6-8-10-11-12-13-14-15-16-17-18-19-20-21-25-28-34-41-50(55)61-48(45-60-62(56,57)59-43-42-51(3,4)5)44-58-49(54)40-35-29-33-39-47(53)38-32-27-24-22-23-26-31-37-46(52)36-30-9-7-2/h9,15-16,23-24,26-27,30-33,37-39,46-48,52-53H,6-8,10-14,17-22,25,28-29,34-36,40-45H2,1-5H3/b16-15-,26-23-,27-24-,30-9-,37-31+,38-32+,39-33-/t46-,47-,48-/m1/s1. The number of allylic oxidation sites excluding steroid dienone is 10. The van der Waals surface area contributed by atoms with Crippen LogP contribution in [-0.4, -0.2) is 92.5 Å². The van der Waals surface area contributed by atoms with Crippen LogP contribution in [0.3, 0.4) is 0 Å². The van der Waals surface area contributed by atoms with Crippen molar-refractivity contribution in [3.63, 3.8) is 0 Å². The summed E-state index contributed by atoms with van der Waals surface area (Å²) < 4.78 is 33.8. The minimum absolute atomic E-state index is 0.0689. The van der Waals surface area contributed by atoms with Crippen LogP contribution in [0.25, 0.3) is 0 Å². The fourth-order valence-electron chi connectivity index (χ4n) is 5.86. The van der Waals surface area contributed by atoms with Crippen LogP contribution in [0, 0.1) is 0 Å². The molecule has 0 aromatic heterocycles. The highest BCUT2D eigenvalue weighted by molar-refractivity contribution is 7.45. The lowest BCUT2D eigenvalue weighted by Crippen LogP contribution is -2.37. The predicted molar refractivity (Wildman–Crippen MR) is 252 cm³/mol.